The van der Waals surface area contributed by atoms with Gasteiger partial charge in [0.25, 0.3) is 5.91 Å². The van der Waals surface area contributed by atoms with E-state index in [0.29, 0.717) is 23.2 Å². The third kappa shape index (κ3) is 2.57. The van der Waals surface area contributed by atoms with Gasteiger partial charge in [0.05, 0.1) is 5.69 Å². The molecule has 2 aromatic carbocycles. The van der Waals surface area contributed by atoms with Gasteiger partial charge >= 0.3 is 6.36 Å². The molecule has 0 aliphatic carbocycles. The Bertz CT molecular complexity index is 757. The van der Waals surface area contributed by atoms with Gasteiger partial charge in [-0.15, -0.1) is 13.2 Å². The number of benzene rings is 2. The second kappa shape index (κ2) is 4.94. The van der Waals surface area contributed by atoms with Crippen molar-refractivity contribution in [2.75, 3.05) is 5.73 Å². The fraction of sp³-hybridized carbons (Fsp3) is 0.133. The van der Waals surface area contributed by atoms with E-state index in [4.69, 9.17) is 5.73 Å². The lowest BCUT2D eigenvalue weighted by molar-refractivity contribution is -0.274. The van der Waals surface area contributed by atoms with Crippen molar-refractivity contribution in [2.24, 2.45) is 0 Å². The topological polar surface area (TPSA) is 64.3 Å². The van der Waals surface area contributed by atoms with E-state index >= 15 is 0 Å². The molecular weight excluding hydrogens is 297 g/mol. The van der Waals surface area contributed by atoms with E-state index in [-0.39, 0.29) is 11.6 Å². The lowest BCUT2D eigenvalue weighted by Crippen LogP contribution is -2.18. The third-order valence-corrected chi connectivity index (χ3v) is 3.40. The molecule has 3 rings (SSSR count). The molecule has 114 valence electrons. The average Bonchev–Trinajstić information content (AvgIpc) is 2.82. The van der Waals surface area contributed by atoms with Gasteiger partial charge in [-0.1, -0.05) is 18.2 Å². The fourth-order valence-corrected chi connectivity index (χ4v) is 2.44. The van der Waals surface area contributed by atoms with Crippen LogP contribution in [0.15, 0.2) is 36.4 Å². The van der Waals surface area contributed by atoms with E-state index in [0.717, 1.165) is 5.56 Å². The fourth-order valence-electron chi connectivity index (χ4n) is 2.44. The van der Waals surface area contributed by atoms with Crippen LogP contribution in [0.2, 0.25) is 0 Å². The van der Waals surface area contributed by atoms with Gasteiger partial charge in [-0.3, -0.25) is 4.79 Å². The number of fused-ring (bicyclic) bond motifs is 1. The molecule has 4 nitrogen and oxygen atoms in total. The Labute approximate surface area is 123 Å². The molecule has 0 radical (unpaired) electrons. The van der Waals surface area contributed by atoms with Gasteiger partial charge in [0, 0.05) is 12.1 Å². The molecule has 7 heteroatoms. The minimum atomic E-state index is -4.82. The lowest BCUT2D eigenvalue weighted by atomic mass is 9.96. The van der Waals surface area contributed by atoms with E-state index in [9.17, 15) is 18.0 Å². The van der Waals surface area contributed by atoms with Crippen LogP contribution in [0.3, 0.4) is 0 Å². The maximum absolute atomic E-state index is 12.4. The van der Waals surface area contributed by atoms with Crippen LogP contribution in [0.4, 0.5) is 18.9 Å². The number of carbonyl (C=O) groups is 1. The number of anilines is 1. The van der Waals surface area contributed by atoms with Gasteiger partial charge < -0.3 is 15.8 Å². The molecule has 0 atom stereocenters. The number of rotatable bonds is 2. The van der Waals surface area contributed by atoms with Crippen molar-refractivity contribution >= 4 is 11.6 Å². The van der Waals surface area contributed by atoms with Crippen molar-refractivity contribution in [1.82, 2.24) is 5.32 Å². The number of nitrogen functional groups attached to an aromatic ring is 1. The summed E-state index contributed by atoms with van der Waals surface area (Å²) >= 11 is 0. The number of alkyl halides is 3. The van der Waals surface area contributed by atoms with Crippen LogP contribution in [-0.2, 0) is 6.54 Å². The number of nitrogens with one attached hydrogen (secondary N) is 1. The van der Waals surface area contributed by atoms with Crippen LogP contribution in [0.5, 0.6) is 5.75 Å². The molecule has 2 aromatic rings. The average molecular weight is 308 g/mol. The Hall–Kier alpha value is -2.70. The highest BCUT2D eigenvalue weighted by Gasteiger charge is 2.32. The Kier molecular flexibility index (Phi) is 3.20. The summed E-state index contributed by atoms with van der Waals surface area (Å²) in [5.41, 5.74) is 7.85. The number of hydrogen-bond acceptors (Lipinski definition) is 3. The van der Waals surface area contributed by atoms with Gasteiger partial charge in [0.2, 0.25) is 0 Å². The highest BCUT2D eigenvalue weighted by molar-refractivity contribution is 6.00. The zero-order chi connectivity index (χ0) is 15.9. The van der Waals surface area contributed by atoms with Crippen LogP contribution >= 0.6 is 0 Å². The highest BCUT2D eigenvalue weighted by atomic mass is 19.4. The van der Waals surface area contributed by atoms with Gasteiger partial charge in [-0.2, -0.15) is 0 Å². The predicted octanol–water partition coefficient (Wildman–Crippen LogP) is 3.08. The largest absolute Gasteiger partial charge is 0.573 e. The minimum absolute atomic E-state index is 0.108. The number of halogens is 3. The number of nitrogens with two attached hydrogens (primary N) is 1. The quantitative estimate of drug-likeness (QED) is 0.838. The van der Waals surface area contributed by atoms with E-state index in [2.05, 4.69) is 10.1 Å². The van der Waals surface area contributed by atoms with E-state index in [1.54, 1.807) is 24.3 Å². The first-order valence-electron chi connectivity index (χ1n) is 6.41. The van der Waals surface area contributed by atoms with Crippen molar-refractivity contribution in [3.63, 3.8) is 0 Å². The standard InChI is InChI=1S/C15H11F3N2O2/c16-15(17,18)22-13-6-8(4-5-12(13)19)9-2-1-3-10-11(9)7-20-14(10)21/h1-6H,7,19H2,(H,20,21). The molecule has 0 unspecified atom stereocenters. The van der Waals surface area contributed by atoms with E-state index in [1.807, 2.05) is 0 Å². The van der Waals surface area contributed by atoms with E-state index in [1.165, 1.54) is 12.1 Å². The molecule has 1 amide bonds. The predicted molar refractivity (Wildman–Crippen MR) is 74.1 cm³/mol. The third-order valence-electron chi connectivity index (χ3n) is 3.40. The molecule has 0 saturated carbocycles. The first-order valence-corrected chi connectivity index (χ1v) is 6.41. The summed E-state index contributed by atoms with van der Waals surface area (Å²) in [4.78, 5) is 11.7. The smallest absolute Gasteiger partial charge is 0.404 e. The molecule has 1 aliphatic rings. The van der Waals surface area contributed by atoms with Crippen molar-refractivity contribution < 1.29 is 22.7 Å². The number of carbonyl (C=O) groups excluding carboxylic acids is 1. The number of hydrogen-bond donors (Lipinski definition) is 2. The molecule has 0 bridgehead atoms. The normalized spacial score (nSPS) is 13.7. The SMILES string of the molecule is Nc1ccc(-c2cccc3c2CNC3=O)cc1OC(F)(F)F. The molecule has 3 N–H and O–H groups in total. The number of amides is 1. The summed E-state index contributed by atoms with van der Waals surface area (Å²) in [6.07, 6.45) is -4.82. The summed E-state index contributed by atoms with van der Waals surface area (Å²) < 4.78 is 41.1. The minimum Gasteiger partial charge on any atom is -0.404 e. The van der Waals surface area contributed by atoms with Gasteiger partial charge in [-0.05, 0) is 34.9 Å². The van der Waals surface area contributed by atoms with Crippen molar-refractivity contribution in [3.8, 4) is 16.9 Å². The summed E-state index contributed by atoms with van der Waals surface area (Å²) in [5, 5.41) is 2.68. The molecule has 22 heavy (non-hydrogen) atoms. The van der Waals surface area contributed by atoms with Crippen LogP contribution in [0, 0.1) is 0 Å². The highest BCUT2D eigenvalue weighted by Crippen LogP contribution is 2.35. The maximum atomic E-state index is 12.4. The second-order valence-electron chi connectivity index (χ2n) is 4.81. The van der Waals surface area contributed by atoms with Crippen molar-refractivity contribution in [2.45, 2.75) is 12.9 Å². The van der Waals surface area contributed by atoms with Crippen molar-refractivity contribution in [1.29, 1.82) is 0 Å². The molecule has 0 fully saturated rings. The van der Waals surface area contributed by atoms with Crippen LogP contribution < -0.4 is 15.8 Å². The van der Waals surface area contributed by atoms with E-state index < -0.39 is 12.1 Å². The summed E-state index contributed by atoms with van der Waals surface area (Å²) in [5.74, 6) is -0.654. The molecule has 0 aromatic heterocycles. The lowest BCUT2D eigenvalue weighted by Gasteiger charge is -2.13. The Balaban J connectivity index is 2.07. The Morgan fingerprint density at radius 2 is 1.86 bits per heavy atom. The monoisotopic (exact) mass is 308 g/mol. The first kappa shape index (κ1) is 14.2. The van der Waals surface area contributed by atoms with Crippen LogP contribution in [0.1, 0.15) is 15.9 Å². The van der Waals surface area contributed by atoms with Crippen molar-refractivity contribution in [3.05, 3.63) is 47.5 Å². The second-order valence-corrected chi connectivity index (χ2v) is 4.81. The number of ether oxygens (including phenoxy) is 1. The Morgan fingerprint density at radius 3 is 2.59 bits per heavy atom. The maximum Gasteiger partial charge on any atom is 0.573 e. The van der Waals surface area contributed by atoms with Crippen LogP contribution in [-0.4, -0.2) is 12.3 Å². The van der Waals surface area contributed by atoms with Gasteiger partial charge in [0.1, 0.15) is 0 Å². The van der Waals surface area contributed by atoms with Gasteiger partial charge in [0.15, 0.2) is 5.75 Å². The Morgan fingerprint density at radius 1 is 1.14 bits per heavy atom. The molecular formula is C15H11F3N2O2. The summed E-state index contributed by atoms with van der Waals surface area (Å²) in [6.45, 7) is 0.337. The van der Waals surface area contributed by atoms with Crippen LogP contribution in [0.25, 0.3) is 11.1 Å². The zero-order valence-electron chi connectivity index (χ0n) is 11.2. The molecule has 1 aliphatic heterocycles. The molecule has 0 saturated heterocycles. The zero-order valence-corrected chi connectivity index (χ0v) is 11.2. The molecule has 0 spiro atoms. The molecule has 1 heterocycles. The van der Waals surface area contributed by atoms with Gasteiger partial charge in [-0.25, -0.2) is 0 Å². The summed E-state index contributed by atoms with van der Waals surface area (Å²) in [6, 6.07) is 9.26. The first-order chi connectivity index (χ1) is 10.3. The summed E-state index contributed by atoms with van der Waals surface area (Å²) in [7, 11) is 0.